The highest BCUT2D eigenvalue weighted by Gasteiger charge is 2.53. The lowest BCUT2D eigenvalue weighted by Crippen LogP contribution is -2.57. The number of likely N-dealkylation sites (tertiary alicyclic amines) is 1. The number of hydroxylamine groups is 3. The third-order valence-electron chi connectivity index (χ3n) is 6.84. The minimum absolute atomic E-state index is 0.0443. The largest absolute Gasteiger partial charge is 0.493 e. The molecule has 3 aromatic rings. The van der Waals surface area contributed by atoms with Gasteiger partial charge in [0, 0.05) is 42.2 Å². The molecule has 2 aromatic carbocycles. The van der Waals surface area contributed by atoms with Gasteiger partial charge in [-0.25, -0.2) is 10.3 Å². The van der Waals surface area contributed by atoms with E-state index in [1.165, 1.54) is 41.6 Å². The average Bonchev–Trinajstić information content (AvgIpc) is 3.38. The van der Waals surface area contributed by atoms with Gasteiger partial charge >= 0.3 is 12.1 Å². The second-order valence-corrected chi connectivity index (χ2v) is 9.86. The number of fused-ring (bicyclic) bond motifs is 1. The van der Waals surface area contributed by atoms with E-state index in [0.717, 1.165) is 22.2 Å². The van der Waals surface area contributed by atoms with Crippen LogP contribution in [0.25, 0.3) is 10.9 Å². The van der Waals surface area contributed by atoms with Crippen molar-refractivity contribution in [3.8, 4) is 5.75 Å². The topological polar surface area (TPSA) is 138 Å². The lowest BCUT2D eigenvalue weighted by molar-refractivity contribution is -0.243. The molecule has 2 heterocycles. The van der Waals surface area contributed by atoms with Gasteiger partial charge in [0.1, 0.15) is 17.9 Å². The van der Waals surface area contributed by atoms with E-state index in [-0.39, 0.29) is 30.2 Å². The van der Waals surface area contributed by atoms with E-state index in [9.17, 15) is 32.3 Å². The first-order valence-corrected chi connectivity index (χ1v) is 12.7. The molecule has 1 aliphatic rings. The fourth-order valence-electron chi connectivity index (χ4n) is 4.82. The van der Waals surface area contributed by atoms with Crippen LogP contribution in [0.2, 0.25) is 0 Å². The number of amides is 3. The van der Waals surface area contributed by atoms with Crippen molar-refractivity contribution in [1.82, 2.24) is 20.4 Å². The van der Waals surface area contributed by atoms with Crippen LogP contribution in [0.5, 0.6) is 5.75 Å². The predicted molar refractivity (Wildman–Crippen MR) is 140 cm³/mol. The van der Waals surface area contributed by atoms with Crippen LogP contribution in [-0.4, -0.2) is 68.6 Å². The van der Waals surface area contributed by atoms with Crippen molar-refractivity contribution in [3.63, 3.8) is 0 Å². The predicted octanol–water partition coefficient (Wildman–Crippen LogP) is 3.47. The van der Waals surface area contributed by atoms with Crippen molar-refractivity contribution in [2.75, 3.05) is 13.1 Å². The number of nitrogens with zero attached hydrogens (tertiary/aromatic N) is 3. The maximum absolute atomic E-state index is 13.6. The molecular weight excluding hydrogens is 561 g/mol. The Bertz CT molecular complexity index is 1510. The number of para-hydroxylation sites is 1. The molecule has 42 heavy (non-hydrogen) atoms. The molecule has 1 aliphatic heterocycles. The van der Waals surface area contributed by atoms with E-state index in [0.29, 0.717) is 5.75 Å². The smallest absolute Gasteiger partial charge is 0.489 e. The number of pyridine rings is 1. The minimum Gasteiger partial charge on any atom is -0.489 e. The fraction of sp³-hybridized carbons (Fsp3) is 0.321. The summed E-state index contributed by atoms with van der Waals surface area (Å²) >= 11 is 0. The van der Waals surface area contributed by atoms with E-state index in [2.05, 4.69) is 9.82 Å². The van der Waals surface area contributed by atoms with Crippen molar-refractivity contribution in [2.24, 2.45) is 0 Å². The van der Waals surface area contributed by atoms with Gasteiger partial charge in [-0.2, -0.15) is 18.2 Å². The monoisotopic (exact) mass is 588 g/mol. The molecule has 1 atom stereocenters. The number of aryl methyl sites for hydroxylation is 1. The third-order valence-corrected chi connectivity index (χ3v) is 6.84. The summed E-state index contributed by atoms with van der Waals surface area (Å²) < 4.78 is 45.5. The normalized spacial score (nSPS) is 16.7. The first-order valence-electron chi connectivity index (χ1n) is 12.7. The van der Waals surface area contributed by atoms with Gasteiger partial charge in [0.25, 0.3) is 5.91 Å². The molecule has 3 amide bonds. The molecule has 0 saturated carbocycles. The van der Waals surface area contributed by atoms with Crippen LogP contribution in [0.15, 0.2) is 54.6 Å². The molecule has 1 aromatic heterocycles. The molecule has 2 N–H and O–H groups in total. The molecule has 11 nitrogen and oxygen atoms in total. The number of carbonyl (C=O) groups is 4. The van der Waals surface area contributed by atoms with E-state index < -0.39 is 48.4 Å². The number of nitrogens with one attached hydrogen (secondary N) is 1. The van der Waals surface area contributed by atoms with Crippen LogP contribution >= 0.6 is 0 Å². The Morgan fingerprint density at radius 3 is 2.43 bits per heavy atom. The van der Waals surface area contributed by atoms with Gasteiger partial charge in [-0.05, 0) is 49.7 Å². The molecule has 0 spiro atoms. The number of halogens is 3. The van der Waals surface area contributed by atoms with E-state index in [4.69, 9.17) is 9.94 Å². The van der Waals surface area contributed by atoms with Gasteiger partial charge in [0.05, 0.1) is 11.9 Å². The molecule has 14 heteroatoms. The van der Waals surface area contributed by atoms with Gasteiger partial charge < -0.3 is 14.5 Å². The van der Waals surface area contributed by atoms with E-state index in [1.807, 2.05) is 37.3 Å². The summed E-state index contributed by atoms with van der Waals surface area (Å²) in [6, 6.07) is 14.8. The van der Waals surface area contributed by atoms with Gasteiger partial charge in [-0.15, -0.1) is 0 Å². The van der Waals surface area contributed by atoms with Crippen LogP contribution in [0, 0.1) is 6.92 Å². The summed E-state index contributed by atoms with van der Waals surface area (Å²) in [5.74, 6) is -5.08. The van der Waals surface area contributed by atoms with Crippen molar-refractivity contribution < 1.29 is 47.1 Å². The Hall–Kier alpha value is -4.72. The second-order valence-electron chi connectivity index (χ2n) is 9.86. The summed E-state index contributed by atoms with van der Waals surface area (Å²) in [7, 11) is 0. The second kappa shape index (κ2) is 12.0. The Balaban J connectivity index is 1.61. The number of carbonyl (C=O) groups excluding carboxylic acids is 4. The van der Waals surface area contributed by atoms with E-state index in [1.54, 1.807) is 0 Å². The zero-order valence-electron chi connectivity index (χ0n) is 22.6. The molecule has 1 unspecified atom stereocenters. The molecule has 0 bridgehead atoms. The number of hydrogen-bond donors (Lipinski definition) is 2. The minimum atomic E-state index is -5.47. The summed E-state index contributed by atoms with van der Waals surface area (Å²) in [6.07, 6.45) is -6.44. The Morgan fingerprint density at radius 2 is 1.81 bits per heavy atom. The van der Waals surface area contributed by atoms with Crippen LogP contribution in [-0.2, 0) is 25.8 Å². The molecule has 222 valence electrons. The lowest BCUT2D eigenvalue weighted by Gasteiger charge is -2.38. The van der Waals surface area contributed by atoms with Crippen LogP contribution in [0.4, 0.5) is 13.2 Å². The Kier molecular flexibility index (Phi) is 8.66. The standard InChI is InChI=1S/C28H27F3N4O7/c1-17-13-20(22-5-3-4-6-23(22)32-17)15-41-21-9-7-19(8-10-21)25(38)35(42-26(39)28(29,30)31)27(14-24(37)33-40)11-12-34(16-27)18(2)36/h3-10,13,40H,11-12,14-16H2,1-2H3,(H,33,37). The number of ether oxygens (including phenoxy) is 1. The number of rotatable bonds is 7. The number of aromatic nitrogens is 1. The van der Waals surface area contributed by atoms with Gasteiger partial charge in [-0.1, -0.05) is 18.2 Å². The van der Waals surface area contributed by atoms with Gasteiger partial charge in [0.15, 0.2) is 0 Å². The van der Waals surface area contributed by atoms with Crippen molar-refractivity contribution >= 4 is 34.6 Å². The van der Waals surface area contributed by atoms with Gasteiger partial charge in [0.2, 0.25) is 11.8 Å². The van der Waals surface area contributed by atoms with Crippen LogP contribution < -0.4 is 10.2 Å². The van der Waals surface area contributed by atoms with Crippen molar-refractivity contribution in [1.29, 1.82) is 0 Å². The molecular formula is C28H27F3N4O7. The van der Waals surface area contributed by atoms with E-state index >= 15 is 0 Å². The van der Waals surface area contributed by atoms with Gasteiger partial charge in [-0.3, -0.25) is 24.6 Å². The maximum atomic E-state index is 13.6. The maximum Gasteiger partial charge on any atom is 0.493 e. The quantitative estimate of drug-likeness (QED) is 0.316. The molecule has 0 aliphatic carbocycles. The Labute approximate surface area is 237 Å². The third kappa shape index (κ3) is 6.60. The highest BCUT2D eigenvalue weighted by Crippen LogP contribution is 2.35. The molecule has 0 radical (unpaired) electrons. The first kappa shape index (κ1) is 30.2. The summed E-state index contributed by atoms with van der Waals surface area (Å²) in [5, 5.41) is 10.2. The first-order chi connectivity index (χ1) is 19.8. The van der Waals surface area contributed by atoms with Crippen LogP contribution in [0.3, 0.4) is 0 Å². The highest BCUT2D eigenvalue weighted by atomic mass is 19.4. The Morgan fingerprint density at radius 1 is 1.12 bits per heavy atom. The number of hydrogen-bond acceptors (Lipinski definition) is 8. The lowest BCUT2D eigenvalue weighted by atomic mass is 9.92. The number of alkyl halides is 3. The molecule has 1 saturated heterocycles. The fourth-order valence-corrected chi connectivity index (χ4v) is 4.82. The summed E-state index contributed by atoms with van der Waals surface area (Å²) in [4.78, 5) is 59.8. The summed E-state index contributed by atoms with van der Waals surface area (Å²) in [6.45, 7) is 2.74. The zero-order chi connectivity index (χ0) is 30.7. The number of benzene rings is 2. The van der Waals surface area contributed by atoms with Crippen LogP contribution in [0.1, 0.15) is 41.4 Å². The molecule has 1 fully saturated rings. The SMILES string of the molecule is CC(=O)N1CCC(CC(=O)NO)(N(OC(=O)C(F)(F)F)C(=O)c2ccc(OCc3cc(C)nc4ccccc34)cc2)C1. The highest BCUT2D eigenvalue weighted by molar-refractivity contribution is 5.96. The summed E-state index contributed by atoms with van der Waals surface area (Å²) in [5.41, 5.74) is 1.73. The average molecular weight is 589 g/mol. The van der Waals surface area contributed by atoms with Crippen molar-refractivity contribution in [2.45, 2.75) is 45.0 Å². The zero-order valence-corrected chi connectivity index (χ0v) is 22.6. The van der Waals surface area contributed by atoms with Crippen molar-refractivity contribution in [3.05, 3.63) is 71.4 Å². The molecule has 4 rings (SSSR count).